The first-order valence-electron chi connectivity index (χ1n) is 9.51. The van der Waals surface area contributed by atoms with Gasteiger partial charge in [0.15, 0.2) is 0 Å². The number of nitrogens with zero attached hydrogens (tertiary/aromatic N) is 3. The third-order valence-corrected chi connectivity index (χ3v) is 6.44. The maximum atomic E-state index is 11.5. The minimum atomic E-state index is -0.131. The molecule has 8 heteroatoms. The molecule has 3 aromatic rings. The third-order valence-electron chi connectivity index (χ3n) is 5.42. The fourth-order valence-corrected chi connectivity index (χ4v) is 4.93. The van der Waals surface area contributed by atoms with E-state index in [4.69, 9.17) is 14.5 Å². The lowest BCUT2D eigenvalue weighted by Gasteiger charge is -2.28. The molecule has 28 heavy (non-hydrogen) atoms. The van der Waals surface area contributed by atoms with Gasteiger partial charge in [-0.15, -0.1) is 11.3 Å². The number of aromatic nitrogens is 3. The molecule has 2 aliphatic heterocycles. The van der Waals surface area contributed by atoms with E-state index in [2.05, 4.69) is 28.0 Å². The second kappa shape index (κ2) is 6.95. The fourth-order valence-electron chi connectivity index (χ4n) is 3.91. The molecule has 0 aromatic carbocycles. The lowest BCUT2D eigenvalue weighted by Crippen LogP contribution is -2.30. The number of carbonyl (C=O) groups is 1. The van der Waals surface area contributed by atoms with E-state index in [-0.39, 0.29) is 5.91 Å². The number of aryl methyl sites for hydroxylation is 1. The summed E-state index contributed by atoms with van der Waals surface area (Å²) in [5.41, 5.74) is 3.27. The standard InChI is InChI=1S/C20H22N4O3S/c1-11-19(13-3-4-26-8-13)23-20(28-11)16-7-24(14-9-27-10-14)17-6-21-18(5-15(16)17)22-12(2)25/h5-7,13-14H,3-4,8-10H2,1-2H3,(H,21,22,25). The molecule has 1 atom stereocenters. The molecule has 0 saturated carbocycles. The summed E-state index contributed by atoms with van der Waals surface area (Å²) in [6.07, 6.45) is 5.01. The van der Waals surface area contributed by atoms with Crippen LogP contribution in [-0.4, -0.2) is 46.9 Å². The van der Waals surface area contributed by atoms with E-state index < -0.39 is 0 Å². The van der Waals surface area contributed by atoms with Gasteiger partial charge in [-0.1, -0.05) is 0 Å². The summed E-state index contributed by atoms with van der Waals surface area (Å²) in [4.78, 5) is 22.1. The highest BCUT2D eigenvalue weighted by Crippen LogP contribution is 2.40. The van der Waals surface area contributed by atoms with Crippen molar-refractivity contribution in [1.29, 1.82) is 0 Å². The van der Waals surface area contributed by atoms with Crippen LogP contribution < -0.4 is 5.32 Å². The highest BCUT2D eigenvalue weighted by Gasteiger charge is 2.27. The molecule has 0 aliphatic carbocycles. The fraction of sp³-hybridized carbons (Fsp3) is 0.450. The molecule has 1 unspecified atom stereocenters. The van der Waals surface area contributed by atoms with Crippen LogP contribution in [0.4, 0.5) is 5.82 Å². The van der Waals surface area contributed by atoms with Crippen LogP contribution in [-0.2, 0) is 14.3 Å². The highest BCUT2D eigenvalue weighted by atomic mass is 32.1. The highest BCUT2D eigenvalue weighted by molar-refractivity contribution is 7.15. The van der Waals surface area contributed by atoms with E-state index in [1.807, 2.05) is 12.3 Å². The Bertz CT molecular complexity index is 1050. The Kier molecular flexibility index (Phi) is 4.41. The number of nitrogens with one attached hydrogen (secondary N) is 1. The summed E-state index contributed by atoms with van der Waals surface area (Å²) in [5.74, 6) is 0.811. The number of hydrogen-bond acceptors (Lipinski definition) is 6. The van der Waals surface area contributed by atoms with Gasteiger partial charge >= 0.3 is 0 Å². The summed E-state index contributed by atoms with van der Waals surface area (Å²) in [5, 5.41) is 4.84. The van der Waals surface area contributed by atoms with Crippen LogP contribution in [0.25, 0.3) is 21.5 Å². The normalized spacial score (nSPS) is 19.9. The molecular formula is C20H22N4O3S. The number of hydrogen-bond donors (Lipinski definition) is 1. The molecule has 5 heterocycles. The van der Waals surface area contributed by atoms with Crippen molar-refractivity contribution in [1.82, 2.24) is 14.5 Å². The minimum absolute atomic E-state index is 0.131. The summed E-state index contributed by atoms with van der Waals surface area (Å²) in [6, 6.07) is 2.26. The molecule has 3 aromatic heterocycles. The number of pyridine rings is 1. The van der Waals surface area contributed by atoms with Crippen molar-refractivity contribution < 1.29 is 14.3 Å². The number of carbonyl (C=O) groups excluding carboxylic acids is 1. The molecule has 1 amide bonds. The average Bonchev–Trinajstić information content (AvgIpc) is 3.32. The molecule has 2 saturated heterocycles. The topological polar surface area (TPSA) is 78.3 Å². The molecule has 0 spiro atoms. The van der Waals surface area contributed by atoms with Crippen molar-refractivity contribution in [3.8, 4) is 10.6 Å². The van der Waals surface area contributed by atoms with Crippen molar-refractivity contribution in [2.75, 3.05) is 31.7 Å². The predicted molar refractivity (Wildman–Crippen MR) is 108 cm³/mol. The number of amides is 1. The zero-order chi connectivity index (χ0) is 19.3. The smallest absolute Gasteiger partial charge is 0.222 e. The van der Waals surface area contributed by atoms with Crippen LogP contribution in [0.15, 0.2) is 18.5 Å². The summed E-state index contributed by atoms with van der Waals surface area (Å²) < 4.78 is 13.2. The van der Waals surface area contributed by atoms with Crippen LogP contribution in [0.1, 0.15) is 35.9 Å². The molecule has 0 bridgehead atoms. The number of fused-ring (bicyclic) bond motifs is 1. The first-order chi connectivity index (χ1) is 13.6. The van der Waals surface area contributed by atoms with Gasteiger partial charge < -0.3 is 19.4 Å². The van der Waals surface area contributed by atoms with Gasteiger partial charge in [-0.05, 0) is 19.4 Å². The average molecular weight is 398 g/mol. The van der Waals surface area contributed by atoms with Gasteiger partial charge in [0.25, 0.3) is 0 Å². The van der Waals surface area contributed by atoms with Gasteiger partial charge in [-0.25, -0.2) is 9.97 Å². The van der Waals surface area contributed by atoms with Crippen LogP contribution in [0, 0.1) is 6.92 Å². The largest absolute Gasteiger partial charge is 0.381 e. The second-order valence-corrected chi connectivity index (χ2v) is 8.63. The van der Waals surface area contributed by atoms with Gasteiger partial charge in [0.05, 0.1) is 43.3 Å². The molecule has 7 nitrogen and oxygen atoms in total. The molecule has 0 radical (unpaired) electrons. The zero-order valence-electron chi connectivity index (χ0n) is 15.9. The van der Waals surface area contributed by atoms with Gasteiger partial charge in [0.1, 0.15) is 10.8 Å². The Hall–Kier alpha value is -2.29. The van der Waals surface area contributed by atoms with Crippen LogP contribution in [0.2, 0.25) is 0 Å². The molecule has 1 N–H and O–H groups in total. The van der Waals surface area contributed by atoms with E-state index in [1.165, 1.54) is 11.8 Å². The lowest BCUT2D eigenvalue weighted by atomic mass is 10.0. The minimum Gasteiger partial charge on any atom is -0.381 e. The van der Waals surface area contributed by atoms with Crippen molar-refractivity contribution in [2.24, 2.45) is 0 Å². The molecule has 146 valence electrons. The van der Waals surface area contributed by atoms with E-state index in [0.29, 0.717) is 31.0 Å². The maximum Gasteiger partial charge on any atom is 0.222 e. The van der Waals surface area contributed by atoms with Crippen molar-refractivity contribution in [2.45, 2.75) is 32.2 Å². The van der Waals surface area contributed by atoms with Gasteiger partial charge in [0.2, 0.25) is 5.91 Å². The van der Waals surface area contributed by atoms with E-state index in [0.717, 1.165) is 46.8 Å². The second-order valence-electron chi connectivity index (χ2n) is 7.43. The third kappa shape index (κ3) is 3.01. The maximum absolute atomic E-state index is 11.5. The van der Waals surface area contributed by atoms with Crippen LogP contribution >= 0.6 is 11.3 Å². The van der Waals surface area contributed by atoms with Crippen molar-refractivity contribution in [3.63, 3.8) is 0 Å². The van der Waals surface area contributed by atoms with E-state index in [1.54, 1.807) is 11.3 Å². The predicted octanol–water partition coefficient (Wildman–Crippen LogP) is 3.50. The number of ether oxygens (including phenoxy) is 2. The zero-order valence-corrected chi connectivity index (χ0v) is 16.7. The van der Waals surface area contributed by atoms with Crippen LogP contribution in [0.3, 0.4) is 0 Å². The summed E-state index contributed by atoms with van der Waals surface area (Å²) >= 11 is 1.72. The Balaban J connectivity index is 1.63. The first kappa shape index (κ1) is 17.8. The Morgan fingerprint density at radius 3 is 2.86 bits per heavy atom. The van der Waals surface area contributed by atoms with Gasteiger partial charge in [0, 0.05) is 41.5 Å². The Morgan fingerprint density at radius 2 is 2.18 bits per heavy atom. The molecular weight excluding hydrogens is 376 g/mol. The molecule has 2 fully saturated rings. The molecule has 5 rings (SSSR count). The Labute approximate surface area is 166 Å². The van der Waals surface area contributed by atoms with Crippen molar-refractivity contribution >= 4 is 34.0 Å². The van der Waals surface area contributed by atoms with Crippen LogP contribution in [0.5, 0.6) is 0 Å². The molecule has 2 aliphatic rings. The lowest BCUT2D eigenvalue weighted by molar-refractivity contribution is -0.114. The number of thiazole rings is 1. The van der Waals surface area contributed by atoms with Crippen molar-refractivity contribution in [3.05, 3.63) is 29.0 Å². The monoisotopic (exact) mass is 398 g/mol. The number of rotatable bonds is 4. The first-order valence-corrected chi connectivity index (χ1v) is 10.3. The van der Waals surface area contributed by atoms with E-state index >= 15 is 0 Å². The van der Waals surface area contributed by atoms with E-state index in [9.17, 15) is 4.79 Å². The summed E-state index contributed by atoms with van der Waals surface area (Å²) in [7, 11) is 0. The SMILES string of the molecule is CC(=O)Nc1cc2c(-c3nc(C4CCOC4)c(C)s3)cn(C3COC3)c2cn1. The number of anilines is 1. The quantitative estimate of drug-likeness (QED) is 0.728. The van der Waals surface area contributed by atoms with Gasteiger partial charge in [-0.2, -0.15) is 0 Å². The summed E-state index contributed by atoms with van der Waals surface area (Å²) in [6.45, 7) is 6.60. The Morgan fingerprint density at radius 1 is 1.32 bits per heavy atom. The van der Waals surface area contributed by atoms with Gasteiger partial charge in [-0.3, -0.25) is 4.79 Å².